The molecule has 6 heteroatoms. The van der Waals surface area contributed by atoms with Crippen LogP contribution in [0, 0.1) is 0 Å². The summed E-state index contributed by atoms with van der Waals surface area (Å²) in [5.74, 6) is -0.671. The fourth-order valence-electron chi connectivity index (χ4n) is 0.850. The number of halogens is 3. The van der Waals surface area contributed by atoms with Crippen LogP contribution in [0.3, 0.4) is 0 Å². The SMILES string of the molecule is NC(=O)/C=C\c1ccc(C(F)(F)F)nc1. The van der Waals surface area contributed by atoms with Crippen molar-refractivity contribution in [3.05, 3.63) is 35.7 Å². The second kappa shape index (κ2) is 4.12. The van der Waals surface area contributed by atoms with E-state index in [4.69, 9.17) is 5.73 Å². The highest BCUT2D eigenvalue weighted by Gasteiger charge is 2.31. The Morgan fingerprint density at radius 1 is 1.40 bits per heavy atom. The van der Waals surface area contributed by atoms with Gasteiger partial charge in [-0.3, -0.25) is 9.78 Å². The van der Waals surface area contributed by atoms with Gasteiger partial charge in [0, 0.05) is 12.3 Å². The highest BCUT2D eigenvalue weighted by molar-refractivity contribution is 5.90. The monoisotopic (exact) mass is 216 g/mol. The zero-order chi connectivity index (χ0) is 11.5. The molecule has 0 fully saturated rings. The number of nitrogens with zero attached hydrogens (tertiary/aromatic N) is 1. The molecule has 15 heavy (non-hydrogen) atoms. The van der Waals surface area contributed by atoms with Crippen LogP contribution < -0.4 is 5.73 Å². The van der Waals surface area contributed by atoms with Gasteiger partial charge >= 0.3 is 6.18 Å². The maximum absolute atomic E-state index is 12.1. The number of carbonyl (C=O) groups is 1. The third-order valence-corrected chi connectivity index (χ3v) is 1.52. The van der Waals surface area contributed by atoms with Crippen LogP contribution in [0.2, 0.25) is 0 Å². The molecule has 0 aromatic carbocycles. The standard InChI is InChI=1S/C9H7F3N2O/c10-9(11,12)7-3-1-6(5-14-7)2-4-8(13)15/h1-5H,(H2,13,15)/b4-2-. The number of primary amides is 1. The molecule has 1 aromatic rings. The lowest BCUT2D eigenvalue weighted by Gasteiger charge is -2.04. The van der Waals surface area contributed by atoms with Crippen molar-refractivity contribution in [2.75, 3.05) is 0 Å². The first-order chi connectivity index (χ1) is 6.89. The summed E-state index contributed by atoms with van der Waals surface area (Å²) < 4.78 is 36.2. The molecule has 0 unspecified atom stereocenters. The predicted molar refractivity (Wildman–Crippen MR) is 47.5 cm³/mol. The van der Waals surface area contributed by atoms with Gasteiger partial charge in [0.05, 0.1) is 0 Å². The zero-order valence-electron chi connectivity index (χ0n) is 7.45. The Morgan fingerprint density at radius 3 is 2.47 bits per heavy atom. The largest absolute Gasteiger partial charge is 0.433 e. The van der Waals surface area contributed by atoms with Crippen LogP contribution in [0.1, 0.15) is 11.3 Å². The first-order valence-electron chi connectivity index (χ1n) is 3.90. The van der Waals surface area contributed by atoms with Crippen LogP contribution in [0.5, 0.6) is 0 Å². The third-order valence-electron chi connectivity index (χ3n) is 1.52. The Morgan fingerprint density at radius 2 is 2.07 bits per heavy atom. The van der Waals surface area contributed by atoms with E-state index < -0.39 is 17.8 Å². The van der Waals surface area contributed by atoms with E-state index in [9.17, 15) is 18.0 Å². The maximum atomic E-state index is 12.1. The molecule has 1 amide bonds. The fraction of sp³-hybridized carbons (Fsp3) is 0.111. The molecule has 1 heterocycles. The summed E-state index contributed by atoms with van der Waals surface area (Å²) in [5.41, 5.74) is 4.22. The van der Waals surface area contributed by atoms with E-state index in [1.807, 2.05) is 0 Å². The van der Waals surface area contributed by atoms with Gasteiger partial charge in [-0.1, -0.05) is 6.07 Å². The summed E-state index contributed by atoms with van der Waals surface area (Å²) in [7, 11) is 0. The number of hydrogen-bond donors (Lipinski definition) is 1. The summed E-state index contributed by atoms with van der Waals surface area (Å²) >= 11 is 0. The molecule has 0 atom stereocenters. The number of alkyl halides is 3. The van der Waals surface area contributed by atoms with Crippen molar-refractivity contribution < 1.29 is 18.0 Å². The lowest BCUT2D eigenvalue weighted by atomic mass is 10.2. The highest BCUT2D eigenvalue weighted by Crippen LogP contribution is 2.27. The lowest BCUT2D eigenvalue weighted by molar-refractivity contribution is -0.141. The molecule has 0 saturated carbocycles. The van der Waals surface area contributed by atoms with Gasteiger partial charge in [0.15, 0.2) is 0 Å². The number of nitrogens with two attached hydrogens (primary N) is 1. The second-order valence-corrected chi connectivity index (χ2v) is 2.71. The summed E-state index contributed by atoms with van der Waals surface area (Å²) in [5, 5.41) is 0. The molecule has 3 nitrogen and oxygen atoms in total. The van der Waals surface area contributed by atoms with E-state index in [-0.39, 0.29) is 0 Å². The van der Waals surface area contributed by atoms with Crippen molar-refractivity contribution >= 4 is 12.0 Å². The van der Waals surface area contributed by atoms with Crippen molar-refractivity contribution in [1.82, 2.24) is 4.98 Å². The number of aromatic nitrogens is 1. The van der Waals surface area contributed by atoms with Crippen LogP contribution in [-0.4, -0.2) is 10.9 Å². The first-order valence-corrected chi connectivity index (χ1v) is 3.90. The fourth-order valence-corrected chi connectivity index (χ4v) is 0.850. The van der Waals surface area contributed by atoms with Crippen LogP contribution in [0.25, 0.3) is 6.08 Å². The van der Waals surface area contributed by atoms with Gasteiger partial charge in [-0.2, -0.15) is 13.2 Å². The molecule has 0 aliphatic rings. The Bertz CT molecular complexity index is 381. The summed E-state index contributed by atoms with van der Waals surface area (Å²) in [6, 6.07) is 2.04. The van der Waals surface area contributed by atoms with Crippen LogP contribution in [-0.2, 0) is 11.0 Å². The van der Waals surface area contributed by atoms with Crippen LogP contribution in [0.15, 0.2) is 24.4 Å². The summed E-state index contributed by atoms with van der Waals surface area (Å²) in [6.07, 6.45) is -1.10. The van der Waals surface area contributed by atoms with Gasteiger partial charge in [-0.25, -0.2) is 0 Å². The van der Waals surface area contributed by atoms with E-state index in [1.165, 1.54) is 12.1 Å². The minimum absolute atomic E-state index is 0.377. The first kappa shape index (κ1) is 11.2. The van der Waals surface area contributed by atoms with E-state index in [1.54, 1.807) is 0 Å². The molecule has 0 bridgehead atoms. The van der Waals surface area contributed by atoms with Gasteiger partial charge in [0.1, 0.15) is 5.69 Å². The zero-order valence-corrected chi connectivity index (χ0v) is 7.45. The molecule has 80 valence electrons. The van der Waals surface area contributed by atoms with Crippen molar-refractivity contribution in [2.24, 2.45) is 5.73 Å². The average Bonchev–Trinajstić information content (AvgIpc) is 2.14. The summed E-state index contributed by atoms with van der Waals surface area (Å²) in [4.78, 5) is 13.5. The smallest absolute Gasteiger partial charge is 0.366 e. The number of pyridine rings is 1. The Kier molecular flexibility index (Phi) is 3.08. The van der Waals surface area contributed by atoms with Gasteiger partial charge in [-0.05, 0) is 17.7 Å². The van der Waals surface area contributed by atoms with Crippen molar-refractivity contribution in [3.63, 3.8) is 0 Å². The number of hydrogen-bond acceptors (Lipinski definition) is 2. The Balaban J connectivity index is 2.86. The minimum Gasteiger partial charge on any atom is -0.366 e. The molecule has 1 aromatic heterocycles. The van der Waals surface area contributed by atoms with Gasteiger partial charge in [0.25, 0.3) is 0 Å². The molecule has 0 saturated heterocycles. The van der Waals surface area contributed by atoms with Gasteiger partial charge < -0.3 is 5.73 Å². The van der Waals surface area contributed by atoms with Crippen LogP contribution >= 0.6 is 0 Å². The quantitative estimate of drug-likeness (QED) is 0.763. The van der Waals surface area contributed by atoms with E-state index >= 15 is 0 Å². The number of carbonyl (C=O) groups excluding carboxylic acids is 1. The third kappa shape index (κ3) is 3.41. The number of amides is 1. The van der Waals surface area contributed by atoms with E-state index in [0.29, 0.717) is 5.56 Å². The van der Waals surface area contributed by atoms with E-state index in [2.05, 4.69) is 4.98 Å². The van der Waals surface area contributed by atoms with Gasteiger partial charge in [0.2, 0.25) is 5.91 Å². The van der Waals surface area contributed by atoms with E-state index in [0.717, 1.165) is 18.3 Å². The molecule has 0 spiro atoms. The van der Waals surface area contributed by atoms with Crippen molar-refractivity contribution in [3.8, 4) is 0 Å². The normalized spacial score (nSPS) is 11.9. The molecule has 0 radical (unpaired) electrons. The molecular weight excluding hydrogens is 209 g/mol. The molecule has 1 rings (SSSR count). The second-order valence-electron chi connectivity index (χ2n) is 2.71. The summed E-state index contributed by atoms with van der Waals surface area (Å²) in [6.45, 7) is 0. The number of rotatable bonds is 2. The molecular formula is C9H7F3N2O. The van der Waals surface area contributed by atoms with Gasteiger partial charge in [-0.15, -0.1) is 0 Å². The molecule has 2 N–H and O–H groups in total. The minimum atomic E-state index is -4.45. The van der Waals surface area contributed by atoms with Crippen molar-refractivity contribution in [1.29, 1.82) is 0 Å². The maximum Gasteiger partial charge on any atom is 0.433 e. The molecule has 0 aliphatic heterocycles. The highest BCUT2D eigenvalue weighted by atomic mass is 19.4. The molecule has 0 aliphatic carbocycles. The lowest BCUT2D eigenvalue weighted by Crippen LogP contribution is -2.07. The Labute approximate surface area is 83.4 Å². The average molecular weight is 216 g/mol. The van der Waals surface area contributed by atoms with Crippen LogP contribution in [0.4, 0.5) is 13.2 Å². The Hall–Kier alpha value is -1.85. The predicted octanol–water partition coefficient (Wildman–Crippen LogP) is 1.60. The topological polar surface area (TPSA) is 56.0 Å². The van der Waals surface area contributed by atoms with Crippen molar-refractivity contribution in [2.45, 2.75) is 6.18 Å².